The van der Waals surface area contributed by atoms with Crippen LogP contribution in [0.2, 0.25) is 0 Å². The smallest absolute Gasteiger partial charge is 0.244 e. The van der Waals surface area contributed by atoms with Gasteiger partial charge in [-0.1, -0.05) is 0 Å². The Labute approximate surface area is 130 Å². The summed E-state index contributed by atoms with van der Waals surface area (Å²) >= 11 is 1.58. The van der Waals surface area contributed by atoms with Gasteiger partial charge in [0.2, 0.25) is 10.0 Å². The Bertz CT molecular complexity index is 608. The van der Waals surface area contributed by atoms with E-state index in [1.165, 1.54) is 12.8 Å². The third-order valence-electron chi connectivity index (χ3n) is 3.89. The summed E-state index contributed by atoms with van der Waals surface area (Å²) in [6.07, 6.45) is 2.44. The van der Waals surface area contributed by atoms with Gasteiger partial charge in [-0.05, 0) is 32.8 Å². The molecular formula is C14H22N2O3S2. The summed E-state index contributed by atoms with van der Waals surface area (Å²) in [4.78, 5) is 2.44. The van der Waals surface area contributed by atoms with E-state index in [1.54, 1.807) is 15.6 Å². The molecule has 1 saturated carbocycles. The van der Waals surface area contributed by atoms with E-state index >= 15 is 0 Å². The van der Waals surface area contributed by atoms with E-state index in [2.05, 4.69) is 5.32 Å². The van der Waals surface area contributed by atoms with Crippen molar-refractivity contribution >= 4 is 21.4 Å². The number of rotatable bonds is 5. The van der Waals surface area contributed by atoms with Gasteiger partial charge in [0.05, 0.1) is 17.6 Å². The molecule has 0 amide bonds. The molecule has 1 aromatic heterocycles. The SMILES string of the molecule is Cc1sc(CNC2CC2)cc1S(=O)(=O)N1CCOC(C)C1. The lowest BCUT2D eigenvalue weighted by atomic mass is 10.3. The molecular weight excluding hydrogens is 308 g/mol. The fraction of sp³-hybridized carbons (Fsp3) is 0.714. The third kappa shape index (κ3) is 3.48. The standard InChI is InChI=1S/C14H22N2O3S2/c1-10-9-16(5-6-19-10)21(17,18)14-7-13(20-11(14)2)8-15-12-3-4-12/h7,10,12,15H,3-6,8-9H2,1-2H3. The maximum atomic E-state index is 12.8. The highest BCUT2D eigenvalue weighted by atomic mass is 32.2. The summed E-state index contributed by atoms with van der Waals surface area (Å²) < 4.78 is 32.5. The van der Waals surface area contributed by atoms with Crippen molar-refractivity contribution in [1.29, 1.82) is 0 Å². The quantitative estimate of drug-likeness (QED) is 0.893. The first kappa shape index (κ1) is 15.4. The van der Waals surface area contributed by atoms with Crippen molar-refractivity contribution < 1.29 is 13.2 Å². The lowest BCUT2D eigenvalue weighted by Crippen LogP contribution is -2.44. The topological polar surface area (TPSA) is 58.6 Å². The van der Waals surface area contributed by atoms with Crippen LogP contribution in [0.3, 0.4) is 0 Å². The van der Waals surface area contributed by atoms with E-state index in [9.17, 15) is 8.42 Å². The summed E-state index contributed by atoms with van der Waals surface area (Å²) in [5, 5.41) is 3.43. The van der Waals surface area contributed by atoms with E-state index in [-0.39, 0.29) is 6.10 Å². The molecule has 2 heterocycles. The van der Waals surface area contributed by atoms with Crippen LogP contribution in [0.25, 0.3) is 0 Å². The number of hydrogen-bond acceptors (Lipinski definition) is 5. The summed E-state index contributed by atoms with van der Waals surface area (Å²) in [7, 11) is -3.39. The number of sulfonamides is 1. The van der Waals surface area contributed by atoms with E-state index < -0.39 is 10.0 Å². The molecule has 1 saturated heterocycles. The first-order chi connectivity index (χ1) is 9.96. The van der Waals surface area contributed by atoms with Crippen molar-refractivity contribution in [3.05, 3.63) is 15.8 Å². The second-order valence-corrected chi connectivity index (χ2v) is 9.08. The predicted octanol–water partition coefficient (Wildman–Crippen LogP) is 1.72. The summed E-state index contributed by atoms with van der Waals surface area (Å²) in [6.45, 7) is 5.92. The number of thiophene rings is 1. The lowest BCUT2D eigenvalue weighted by molar-refractivity contribution is 0.0102. The van der Waals surface area contributed by atoms with Crippen molar-refractivity contribution in [3.63, 3.8) is 0 Å². The molecule has 2 fully saturated rings. The summed E-state index contributed by atoms with van der Waals surface area (Å²) in [6, 6.07) is 2.47. The van der Waals surface area contributed by atoms with Crippen LogP contribution in [0.15, 0.2) is 11.0 Å². The number of hydrogen-bond donors (Lipinski definition) is 1. The Kier molecular flexibility index (Phi) is 4.38. The first-order valence-corrected chi connectivity index (χ1v) is 9.67. The molecule has 0 spiro atoms. The molecule has 2 aliphatic rings. The monoisotopic (exact) mass is 330 g/mol. The van der Waals surface area contributed by atoms with Gasteiger partial charge in [-0.3, -0.25) is 0 Å². The molecule has 3 rings (SSSR count). The largest absolute Gasteiger partial charge is 0.376 e. The highest BCUT2D eigenvalue weighted by Crippen LogP contribution is 2.30. The lowest BCUT2D eigenvalue weighted by Gasteiger charge is -2.30. The normalized spacial score (nSPS) is 24.4. The zero-order valence-corrected chi connectivity index (χ0v) is 14.1. The maximum Gasteiger partial charge on any atom is 0.244 e. The second kappa shape index (κ2) is 5.96. The van der Waals surface area contributed by atoms with Gasteiger partial charge in [-0.15, -0.1) is 11.3 Å². The number of nitrogens with zero attached hydrogens (tertiary/aromatic N) is 1. The molecule has 1 aliphatic carbocycles. The number of aryl methyl sites for hydroxylation is 1. The fourth-order valence-electron chi connectivity index (χ4n) is 2.54. The van der Waals surface area contributed by atoms with Crippen LogP contribution in [0.4, 0.5) is 0 Å². The average molecular weight is 330 g/mol. The van der Waals surface area contributed by atoms with Gasteiger partial charge >= 0.3 is 0 Å². The van der Waals surface area contributed by atoms with E-state index in [0.29, 0.717) is 30.6 Å². The van der Waals surface area contributed by atoms with Gasteiger partial charge in [-0.25, -0.2) is 8.42 Å². The van der Waals surface area contributed by atoms with Gasteiger partial charge < -0.3 is 10.1 Å². The molecule has 1 aromatic rings. The predicted molar refractivity (Wildman–Crippen MR) is 83.1 cm³/mol. The van der Waals surface area contributed by atoms with E-state index in [1.807, 2.05) is 19.9 Å². The van der Waals surface area contributed by atoms with Crippen LogP contribution in [-0.4, -0.2) is 44.6 Å². The highest BCUT2D eigenvalue weighted by Gasteiger charge is 2.31. The van der Waals surface area contributed by atoms with Gasteiger partial charge in [0.25, 0.3) is 0 Å². The molecule has 0 radical (unpaired) electrons. The van der Waals surface area contributed by atoms with Gasteiger partial charge in [0.15, 0.2) is 0 Å². The first-order valence-electron chi connectivity index (χ1n) is 7.41. The van der Waals surface area contributed by atoms with Crippen LogP contribution >= 0.6 is 11.3 Å². The number of ether oxygens (including phenoxy) is 1. The Morgan fingerprint density at radius 1 is 1.48 bits per heavy atom. The van der Waals surface area contributed by atoms with Crippen molar-refractivity contribution in [2.24, 2.45) is 0 Å². The van der Waals surface area contributed by atoms with Gasteiger partial charge in [0, 0.05) is 35.4 Å². The molecule has 1 aliphatic heterocycles. The number of nitrogens with one attached hydrogen (secondary N) is 1. The molecule has 21 heavy (non-hydrogen) atoms. The molecule has 5 nitrogen and oxygen atoms in total. The van der Waals surface area contributed by atoms with E-state index in [4.69, 9.17) is 4.74 Å². The minimum absolute atomic E-state index is 0.0385. The summed E-state index contributed by atoms with van der Waals surface area (Å²) in [5.74, 6) is 0. The Balaban J connectivity index is 1.77. The average Bonchev–Trinajstić information content (AvgIpc) is 3.19. The number of morpholine rings is 1. The van der Waals surface area contributed by atoms with E-state index in [0.717, 1.165) is 16.3 Å². The highest BCUT2D eigenvalue weighted by molar-refractivity contribution is 7.89. The molecule has 118 valence electrons. The third-order valence-corrected chi connectivity index (χ3v) is 7.06. The Hall–Kier alpha value is -0.470. The van der Waals surface area contributed by atoms with Crippen LogP contribution < -0.4 is 5.32 Å². The molecule has 0 aromatic carbocycles. The zero-order chi connectivity index (χ0) is 15.0. The van der Waals surface area contributed by atoms with Crippen LogP contribution in [-0.2, 0) is 21.3 Å². The zero-order valence-electron chi connectivity index (χ0n) is 12.5. The Morgan fingerprint density at radius 3 is 2.90 bits per heavy atom. The minimum Gasteiger partial charge on any atom is -0.376 e. The molecule has 7 heteroatoms. The maximum absolute atomic E-state index is 12.8. The van der Waals surface area contributed by atoms with Crippen LogP contribution in [0.5, 0.6) is 0 Å². The molecule has 1 N–H and O–H groups in total. The van der Waals surface area contributed by atoms with Crippen molar-refractivity contribution in [2.45, 2.75) is 50.3 Å². The van der Waals surface area contributed by atoms with Crippen molar-refractivity contribution in [2.75, 3.05) is 19.7 Å². The molecule has 1 unspecified atom stereocenters. The van der Waals surface area contributed by atoms with Crippen molar-refractivity contribution in [1.82, 2.24) is 9.62 Å². The fourth-order valence-corrected chi connectivity index (χ4v) is 5.60. The molecule has 1 atom stereocenters. The van der Waals surface area contributed by atoms with Crippen molar-refractivity contribution in [3.8, 4) is 0 Å². The summed E-state index contributed by atoms with van der Waals surface area (Å²) in [5.41, 5.74) is 0. The second-order valence-electron chi connectivity index (χ2n) is 5.83. The molecule has 0 bridgehead atoms. The van der Waals surface area contributed by atoms with Gasteiger partial charge in [-0.2, -0.15) is 4.31 Å². The van der Waals surface area contributed by atoms with Crippen LogP contribution in [0.1, 0.15) is 29.5 Å². The minimum atomic E-state index is -3.39. The van der Waals surface area contributed by atoms with Gasteiger partial charge in [0.1, 0.15) is 0 Å². The van der Waals surface area contributed by atoms with Crippen LogP contribution in [0, 0.1) is 6.92 Å². The Morgan fingerprint density at radius 2 is 2.24 bits per heavy atom.